The van der Waals surface area contributed by atoms with Crippen LogP contribution in [-0.4, -0.2) is 25.4 Å². The molecule has 0 radical (unpaired) electrons. The summed E-state index contributed by atoms with van der Waals surface area (Å²) in [5.41, 5.74) is 1.40. The molecule has 0 aromatic carbocycles. The summed E-state index contributed by atoms with van der Waals surface area (Å²) >= 11 is 0. The predicted molar refractivity (Wildman–Crippen MR) is 83.9 cm³/mol. The molecule has 0 aliphatic carbocycles. The zero-order valence-electron chi connectivity index (χ0n) is 12.3. The summed E-state index contributed by atoms with van der Waals surface area (Å²) in [5.74, 6) is 0. The highest BCUT2D eigenvalue weighted by Gasteiger charge is 2.24. The third kappa shape index (κ3) is 6.17. The molecule has 0 atom stereocenters. The molecule has 0 spiro atoms. The predicted octanol–water partition coefficient (Wildman–Crippen LogP) is 3.50. The average Bonchev–Trinajstić information content (AvgIpc) is 2.49. The number of hydrogen-bond acceptors (Lipinski definition) is 3. The maximum atomic E-state index is 10.5. The van der Waals surface area contributed by atoms with Crippen LogP contribution >= 0.6 is 7.60 Å². The van der Waals surface area contributed by atoms with E-state index in [2.05, 4.69) is 9.97 Å². The van der Waals surface area contributed by atoms with E-state index >= 15 is 0 Å². The van der Waals surface area contributed by atoms with E-state index in [9.17, 15) is 4.57 Å². The van der Waals surface area contributed by atoms with Gasteiger partial charge < -0.3 is 9.79 Å². The largest absolute Gasteiger partial charge is 0.328 e. The fraction of sp³-hybridized carbons (Fsp3) is 0.333. The van der Waals surface area contributed by atoms with Crippen molar-refractivity contribution in [1.29, 1.82) is 0 Å². The quantitative estimate of drug-likeness (QED) is 0.845. The van der Waals surface area contributed by atoms with E-state index in [1.165, 1.54) is 0 Å². The SMILES string of the molecule is CCC(CC)P(=O)(O)O.c1ccc(-c2ccccn2)nc1. The summed E-state index contributed by atoms with van der Waals surface area (Å²) in [4.78, 5) is 25.5. The van der Waals surface area contributed by atoms with E-state index in [4.69, 9.17) is 9.79 Å². The summed E-state index contributed by atoms with van der Waals surface area (Å²) in [5, 5.41) is 0. The highest BCUT2D eigenvalue weighted by molar-refractivity contribution is 7.52. The van der Waals surface area contributed by atoms with E-state index in [0.29, 0.717) is 12.8 Å². The van der Waals surface area contributed by atoms with Gasteiger partial charge in [0, 0.05) is 12.4 Å². The van der Waals surface area contributed by atoms with Crippen molar-refractivity contribution in [2.24, 2.45) is 0 Å². The van der Waals surface area contributed by atoms with E-state index in [-0.39, 0.29) is 0 Å². The molecule has 5 nitrogen and oxygen atoms in total. The lowest BCUT2D eigenvalue weighted by Crippen LogP contribution is -2.04. The average molecular weight is 308 g/mol. The van der Waals surface area contributed by atoms with Gasteiger partial charge in [-0.1, -0.05) is 26.0 Å². The van der Waals surface area contributed by atoms with Crippen molar-refractivity contribution in [2.45, 2.75) is 32.3 Å². The molecular formula is C15H21N2O3P. The molecule has 2 aromatic heterocycles. The van der Waals surface area contributed by atoms with Crippen molar-refractivity contribution < 1.29 is 14.4 Å². The molecule has 2 heterocycles. The van der Waals surface area contributed by atoms with Gasteiger partial charge in [0.1, 0.15) is 0 Å². The van der Waals surface area contributed by atoms with Crippen molar-refractivity contribution >= 4 is 7.60 Å². The summed E-state index contributed by atoms with van der Waals surface area (Å²) in [6.45, 7) is 3.57. The molecule has 6 heteroatoms. The normalized spacial score (nSPS) is 10.9. The minimum Gasteiger partial charge on any atom is -0.324 e. The van der Waals surface area contributed by atoms with E-state index < -0.39 is 13.3 Å². The van der Waals surface area contributed by atoms with Crippen LogP contribution in [0.3, 0.4) is 0 Å². The van der Waals surface area contributed by atoms with Gasteiger partial charge in [-0.25, -0.2) is 0 Å². The third-order valence-corrected chi connectivity index (χ3v) is 4.69. The number of pyridine rings is 2. The number of rotatable bonds is 4. The first-order valence-corrected chi connectivity index (χ1v) is 8.54. The van der Waals surface area contributed by atoms with Crippen LogP contribution in [0, 0.1) is 0 Å². The standard InChI is InChI=1S/C10H8N2.C5H13O3P/c1-3-7-11-9(5-1)10-6-2-4-8-12-10;1-3-5(4-2)9(6,7)8/h1-8H;5H,3-4H2,1-2H3,(H2,6,7,8). The van der Waals surface area contributed by atoms with Gasteiger partial charge in [-0.05, 0) is 37.1 Å². The van der Waals surface area contributed by atoms with Crippen LogP contribution in [0.5, 0.6) is 0 Å². The molecule has 0 saturated heterocycles. The first-order chi connectivity index (χ1) is 9.99. The van der Waals surface area contributed by atoms with Crippen molar-refractivity contribution in [3.8, 4) is 11.4 Å². The zero-order valence-corrected chi connectivity index (χ0v) is 13.1. The molecule has 2 N–H and O–H groups in total. The Morgan fingerprint density at radius 3 is 1.57 bits per heavy atom. The lowest BCUT2D eigenvalue weighted by Gasteiger charge is -2.12. The van der Waals surface area contributed by atoms with E-state index in [1.807, 2.05) is 36.4 Å². The molecule has 2 aromatic rings. The zero-order chi connectivity index (χ0) is 15.7. The molecule has 0 aliphatic rings. The number of nitrogens with zero attached hydrogens (tertiary/aromatic N) is 2. The first kappa shape index (κ1) is 17.5. The smallest absolute Gasteiger partial charge is 0.324 e. The van der Waals surface area contributed by atoms with Gasteiger partial charge in [-0.3, -0.25) is 14.5 Å². The van der Waals surface area contributed by atoms with Crippen LogP contribution < -0.4 is 0 Å². The van der Waals surface area contributed by atoms with Gasteiger partial charge in [0.2, 0.25) is 0 Å². The topological polar surface area (TPSA) is 83.3 Å². The lowest BCUT2D eigenvalue weighted by atomic mass is 10.2. The van der Waals surface area contributed by atoms with E-state index in [1.54, 1.807) is 26.2 Å². The maximum Gasteiger partial charge on any atom is 0.328 e. The molecule has 2 rings (SSSR count). The molecule has 0 fully saturated rings. The van der Waals surface area contributed by atoms with Crippen LogP contribution in [0.1, 0.15) is 26.7 Å². The van der Waals surface area contributed by atoms with E-state index in [0.717, 1.165) is 11.4 Å². The van der Waals surface area contributed by atoms with Crippen molar-refractivity contribution in [1.82, 2.24) is 9.97 Å². The Labute approximate surface area is 125 Å². The molecule has 114 valence electrons. The molecule has 0 aliphatic heterocycles. The summed E-state index contributed by atoms with van der Waals surface area (Å²) < 4.78 is 10.5. The first-order valence-electron chi connectivity index (χ1n) is 6.86. The summed E-state index contributed by atoms with van der Waals surface area (Å²) in [6.07, 6.45) is 4.65. The second-order valence-electron chi connectivity index (χ2n) is 4.49. The third-order valence-electron chi connectivity index (χ3n) is 3.01. The van der Waals surface area contributed by atoms with Crippen LogP contribution in [0.15, 0.2) is 48.8 Å². The highest BCUT2D eigenvalue weighted by Crippen LogP contribution is 2.44. The van der Waals surface area contributed by atoms with Crippen LogP contribution in [-0.2, 0) is 4.57 Å². The Balaban J connectivity index is 0.000000222. The van der Waals surface area contributed by atoms with Gasteiger partial charge in [0.05, 0.1) is 17.0 Å². The molecule has 0 amide bonds. The van der Waals surface area contributed by atoms with Gasteiger partial charge in [0.25, 0.3) is 0 Å². The minimum absolute atomic E-state index is 0.433. The highest BCUT2D eigenvalue weighted by atomic mass is 31.2. The van der Waals surface area contributed by atoms with Crippen molar-refractivity contribution in [3.05, 3.63) is 48.8 Å². The van der Waals surface area contributed by atoms with Crippen molar-refractivity contribution in [3.63, 3.8) is 0 Å². The molecule has 21 heavy (non-hydrogen) atoms. The van der Waals surface area contributed by atoms with Crippen LogP contribution in [0.25, 0.3) is 11.4 Å². The second-order valence-corrected chi connectivity index (χ2v) is 6.40. The molecular weight excluding hydrogens is 287 g/mol. The fourth-order valence-corrected chi connectivity index (χ4v) is 2.74. The summed E-state index contributed by atoms with van der Waals surface area (Å²) in [7, 11) is -3.78. The van der Waals surface area contributed by atoms with Gasteiger partial charge in [0.15, 0.2) is 0 Å². The Bertz CT molecular complexity index is 516. The van der Waals surface area contributed by atoms with Crippen LogP contribution in [0.2, 0.25) is 0 Å². The van der Waals surface area contributed by atoms with Gasteiger partial charge in [-0.15, -0.1) is 0 Å². The summed E-state index contributed by atoms with van der Waals surface area (Å²) in [6, 6.07) is 11.6. The van der Waals surface area contributed by atoms with Crippen LogP contribution in [0.4, 0.5) is 0 Å². The lowest BCUT2D eigenvalue weighted by molar-refractivity contribution is 0.354. The van der Waals surface area contributed by atoms with Gasteiger partial charge in [-0.2, -0.15) is 0 Å². The monoisotopic (exact) mass is 308 g/mol. The Hall–Kier alpha value is -1.55. The van der Waals surface area contributed by atoms with Gasteiger partial charge >= 0.3 is 7.60 Å². The molecule has 0 saturated carbocycles. The number of hydrogen-bond donors (Lipinski definition) is 2. The molecule has 0 bridgehead atoms. The number of aromatic nitrogens is 2. The van der Waals surface area contributed by atoms with Crippen molar-refractivity contribution in [2.75, 3.05) is 0 Å². The Kier molecular flexibility index (Phi) is 7.23. The second kappa shape index (κ2) is 8.67. The minimum atomic E-state index is -3.78. The Morgan fingerprint density at radius 2 is 1.38 bits per heavy atom. The Morgan fingerprint density at radius 1 is 0.952 bits per heavy atom. The molecule has 0 unspecified atom stereocenters. The maximum absolute atomic E-state index is 10.5. The fourth-order valence-electron chi connectivity index (χ4n) is 1.79.